The lowest BCUT2D eigenvalue weighted by Crippen LogP contribution is -2.49. The Labute approximate surface area is 181 Å². The fourth-order valence-electron chi connectivity index (χ4n) is 3.96. The lowest BCUT2D eigenvalue weighted by atomic mass is 9.96. The second-order valence-corrected chi connectivity index (χ2v) is 7.75. The highest BCUT2D eigenvalue weighted by Crippen LogP contribution is 2.31. The Kier molecular flexibility index (Phi) is 6.31. The maximum absolute atomic E-state index is 12.8. The number of hydrogen-bond acceptors (Lipinski definition) is 4. The normalized spacial score (nSPS) is 15.6. The lowest BCUT2D eigenvalue weighted by molar-refractivity contribution is 0.0597. The molecule has 1 aliphatic heterocycles. The number of halogens is 1. The molecule has 2 heterocycles. The van der Waals surface area contributed by atoms with Gasteiger partial charge in [0, 0.05) is 38.6 Å². The molecule has 0 bridgehead atoms. The number of ether oxygens (including phenoxy) is 1. The second kappa shape index (κ2) is 9.28. The molecule has 0 aliphatic carbocycles. The van der Waals surface area contributed by atoms with Crippen molar-refractivity contribution in [2.45, 2.75) is 6.04 Å². The zero-order valence-corrected chi connectivity index (χ0v) is 17.6. The van der Waals surface area contributed by atoms with Crippen molar-refractivity contribution in [2.24, 2.45) is 0 Å². The first kappa shape index (κ1) is 20.4. The standard InChI is InChI=1S/C24H24ClN3O2/c1-30-22-9-5-8-19(15-22)23(18-6-3-2-4-7-18)27-10-12-28(13-11-27)24(29)20-14-21(25)17-26-16-20/h2-9,14-17,23H,10-13H2,1H3. The van der Waals surface area contributed by atoms with Gasteiger partial charge >= 0.3 is 0 Å². The van der Waals surface area contributed by atoms with Crippen molar-refractivity contribution in [3.05, 3.63) is 94.8 Å². The number of rotatable bonds is 5. The van der Waals surface area contributed by atoms with Crippen LogP contribution in [0.5, 0.6) is 5.75 Å². The van der Waals surface area contributed by atoms with Crippen molar-refractivity contribution in [3.63, 3.8) is 0 Å². The van der Waals surface area contributed by atoms with Crippen LogP contribution in [-0.4, -0.2) is 54.0 Å². The van der Waals surface area contributed by atoms with E-state index in [1.165, 1.54) is 17.3 Å². The van der Waals surface area contributed by atoms with Gasteiger partial charge in [-0.05, 0) is 29.3 Å². The SMILES string of the molecule is COc1cccc(C(c2ccccc2)N2CCN(C(=O)c3cncc(Cl)c3)CC2)c1. The van der Waals surface area contributed by atoms with Gasteiger partial charge in [-0.3, -0.25) is 14.7 Å². The highest BCUT2D eigenvalue weighted by molar-refractivity contribution is 6.30. The van der Waals surface area contributed by atoms with Crippen molar-refractivity contribution in [3.8, 4) is 5.75 Å². The molecule has 0 spiro atoms. The Bertz CT molecular complexity index is 1000. The Hall–Kier alpha value is -2.89. The molecule has 0 saturated carbocycles. The first-order valence-corrected chi connectivity index (χ1v) is 10.4. The summed E-state index contributed by atoms with van der Waals surface area (Å²) in [5.41, 5.74) is 2.94. The van der Waals surface area contributed by atoms with Gasteiger partial charge in [-0.25, -0.2) is 0 Å². The van der Waals surface area contributed by atoms with Crippen LogP contribution in [0.15, 0.2) is 73.1 Å². The Balaban J connectivity index is 1.54. The summed E-state index contributed by atoms with van der Waals surface area (Å²) in [4.78, 5) is 21.2. The molecule has 2 aromatic carbocycles. The average Bonchev–Trinajstić information content (AvgIpc) is 2.80. The molecule has 1 fully saturated rings. The zero-order valence-electron chi connectivity index (χ0n) is 16.9. The Morgan fingerprint density at radius 2 is 1.70 bits per heavy atom. The summed E-state index contributed by atoms with van der Waals surface area (Å²) in [6.07, 6.45) is 3.11. The molecular weight excluding hydrogens is 398 g/mol. The van der Waals surface area contributed by atoms with E-state index in [4.69, 9.17) is 16.3 Å². The third kappa shape index (κ3) is 4.48. The molecule has 1 atom stereocenters. The third-order valence-corrected chi connectivity index (χ3v) is 5.65. The molecule has 3 aromatic rings. The van der Waals surface area contributed by atoms with E-state index in [1.807, 2.05) is 23.1 Å². The van der Waals surface area contributed by atoms with Crippen LogP contribution >= 0.6 is 11.6 Å². The zero-order chi connectivity index (χ0) is 20.9. The molecule has 154 valence electrons. The first-order chi connectivity index (χ1) is 14.7. The van der Waals surface area contributed by atoms with E-state index in [2.05, 4.69) is 46.3 Å². The van der Waals surface area contributed by atoms with Gasteiger partial charge in [0.05, 0.1) is 23.7 Å². The molecule has 1 amide bonds. The van der Waals surface area contributed by atoms with Crippen LogP contribution in [-0.2, 0) is 0 Å². The van der Waals surface area contributed by atoms with Gasteiger partial charge in [-0.2, -0.15) is 0 Å². The summed E-state index contributed by atoms with van der Waals surface area (Å²) in [5, 5.41) is 0.474. The van der Waals surface area contributed by atoms with Crippen LogP contribution in [0.3, 0.4) is 0 Å². The lowest BCUT2D eigenvalue weighted by Gasteiger charge is -2.39. The molecule has 1 unspecified atom stereocenters. The largest absolute Gasteiger partial charge is 0.497 e. The number of amides is 1. The van der Waals surface area contributed by atoms with Crippen LogP contribution in [0.25, 0.3) is 0 Å². The molecule has 1 aliphatic rings. The van der Waals surface area contributed by atoms with Gasteiger partial charge in [0.2, 0.25) is 0 Å². The number of hydrogen-bond donors (Lipinski definition) is 0. The molecule has 0 radical (unpaired) electrons. The average molecular weight is 422 g/mol. The molecule has 4 rings (SSSR count). The highest BCUT2D eigenvalue weighted by atomic mass is 35.5. The fraction of sp³-hybridized carbons (Fsp3) is 0.250. The van der Waals surface area contributed by atoms with Gasteiger partial charge in [0.25, 0.3) is 5.91 Å². The molecule has 6 heteroatoms. The van der Waals surface area contributed by atoms with Crippen LogP contribution in [0.2, 0.25) is 5.02 Å². The number of piperazine rings is 1. The third-order valence-electron chi connectivity index (χ3n) is 5.44. The minimum Gasteiger partial charge on any atom is -0.497 e. The number of nitrogens with zero attached hydrogens (tertiary/aromatic N) is 3. The summed E-state index contributed by atoms with van der Waals surface area (Å²) in [5.74, 6) is 0.818. The molecule has 5 nitrogen and oxygen atoms in total. The number of carbonyl (C=O) groups is 1. The summed E-state index contributed by atoms with van der Waals surface area (Å²) >= 11 is 6.00. The number of carbonyl (C=O) groups excluding carboxylic acids is 1. The number of methoxy groups -OCH3 is 1. The molecule has 30 heavy (non-hydrogen) atoms. The molecule has 0 N–H and O–H groups in total. The van der Waals surface area contributed by atoms with E-state index in [0.29, 0.717) is 23.7 Å². The number of aromatic nitrogens is 1. The quantitative estimate of drug-likeness (QED) is 0.616. The van der Waals surface area contributed by atoms with Crippen LogP contribution < -0.4 is 4.74 Å². The molecular formula is C24H24ClN3O2. The van der Waals surface area contributed by atoms with Gasteiger partial charge in [0.15, 0.2) is 0 Å². The fourth-order valence-corrected chi connectivity index (χ4v) is 4.13. The highest BCUT2D eigenvalue weighted by Gasteiger charge is 2.29. The monoisotopic (exact) mass is 421 g/mol. The predicted octanol–water partition coefficient (Wildman–Crippen LogP) is 4.29. The predicted molar refractivity (Wildman–Crippen MR) is 118 cm³/mol. The summed E-state index contributed by atoms with van der Waals surface area (Å²) < 4.78 is 5.45. The van der Waals surface area contributed by atoms with Crippen LogP contribution in [0, 0.1) is 0 Å². The summed E-state index contributed by atoms with van der Waals surface area (Å²) in [7, 11) is 1.69. The maximum Gasteiger partial charge on any atom is 0.255 e. The van der Waals surface area contributed by atoms with Crippen molar-refractivity contribution in [1.82, 2.24) is 14.8 Å². The maximum atomic E-state index is 12.8. The van der Waals surface area contributed by atoms with E-state index < -0.39 is 0 Å². The van der Waals surface area contributed by atoms with Gasteiger partial charge < -0.3 is 9.64 Å². The number of pyridine rings is 1. The van der Waals surface area contributed by atoms with Crippen LogP contribution in [0.1, 0.15) is 27.5 Å². The molecule has 1 saturated heterocycles. The van der Waals surface area contributed by atoms with Crippen molar-refractivity contribution in [2.75, 3.05) is 33.3 Å². The van der Waals surface area contributed by atoms with Crippen molar-refractivity contribution in [1.29, 1.82) is 0 Å². The van der Waals surface area contributed by atoms with Crippen molar-refractivity contribution >= 4 is 17.5 Å². The van der Waals surface area contributed by atoms with E-state index in [-0.39, 0.29) is 11.9 Å². The van der Waals surface area contributed by atoms with E-state index in [1.54, 1.807) is 19.4 Å². The first-order valence-electron chi connectivity index (χ1n) is 9.98. The van der Waals surface area contributed by atoms with Gasteiger partial charge in [0.1, 0.15) is 5.75 Å². The smallest absolute Gasteiger partial charge is 0.255 e. The number of benzene rings is 2. The Morgan fingerprint density at radius 1 is 0.967 bits per heavy atom. The topological polar surface area (TPSA) is 45.7 Å². The second-order valence-electron chi connectivity index (χ2n) is 7.31. The summed E-state index contributed by atoms with van der Waals surface area (Å²) in [6, 6.07) is 20.4. The minimum atomic E-state index is -0.0257. The van der Waals surface area contributed by atoms with E-state index in [0.717, 1.165) is 18.8 Å². The van der Waals surface area contributed by atoms with Crippen LogP contribution in [0.4, 0.5) is 0 Å². The summed E-state index contributed by atoms with van der Waals surface area (Å²) in [6.45, 7) is 2.85. The van der Waals surface area contributed by atoms with Gasteiger partial charge in [-0.1, -0.05) is 54.1 Å². The van der Waals surface area contributed by atoms with Crippen molar-refractivity contribution < 1.29 is 9.53 Å². The van der Waals surface area contributed by atoms with E-state index >= 15 is 0 Å². The Morgan fingerprint density at radius 3 is 2.40 bits per heavy atom. The van der Waals surface area contributed by atoms with Gasteiger partial charge in [-0.15, -0.1) is 0 Å². The minimum absolute atomic E-state index is 0.0257. The van der Waals surface area contributed by atoms with E-state index in [9.17, 15) is 4.79 Å². The molecule has 1 aromatic heterocycles.